The van der Waals surface area contributed by atoms with Gasteiger partial charge >= 0.3 is 473 Å². The van der Waals surface area contributed by atoms with Gasteiger partial charge in [-0.2, -0.15) is 0 Å². The molecule has 2 heterocycles. The monoisotopic (exact) mass is 1130 g/mol. The van der Waals surface area contributed by atoms with E-state index in [2.05, 4.69) is 320 Å². The summed E-state index contributed by atoms with van der Waals surface area (Å²) in [4.78, 5) is 0. The van der Waals surface area contributed by atoms with Gasteiger partial charge in [0.05, 0.1) is 0 Å². The standard InChI is InChI=1S/C44H38Ge.C32H30Ge/c1-31-15-23-37(24-16-31)43-41(35-11-7-5-8-12-35)42(36-13-9-6-10-14-36)44(38-25-17-32(2)18-26-38)45(43,39-27-19-33(3)20-28-39)40-29-21-34(4)22-30-40;1-23-13-11-19-27(21-23)31-29(25-15-7-5-8-16-25)30(26-17-9-6-10-18-26)32(33(31,3)4)28-20-12-14-24(2)22-28/h5-30H,1-4H3;5-22H,1-4H3. The Morgan fingerprint density at radius 1 is 0.205 bits per heavy atom. The first-order valence-electron chi connectivity index (χ1n) is 27.6. The number of aryl methyl sites for hydroxylation is 6. The van der Waals surface area contributed by atoms with Crippen LogP contribution >= 0.6 is 0 Å². The van der Waals surface area contributed by atoms with E-state index in [1.807, 2.05) is 0 Å². The number of benzene rings is 10. The maximum absolute atomic E-state index is 3.76. The molecule has 0 spiro atoms. The Bertz CT molecular complexity index is 3640. The van der Waals surface area contributed by atoms with Crippen molar-refractivity contribution in [1.29, 1.82) is 0 Å². The Labute approximate surface area is 469 Å². The number of rotatable bonds is 10. The molecule has 0 nitrogen and oxygen atoms in total. The molecule has 10 aromatic carbocycles. The molecule has 0 atom stereocenters. The molecule has 0 aromatic heterocycles. The summed E-state index contributed by atoms with van der Waals surface area (Å²) in [6, 6.07) is 100. The van der Waals surface area contributed by atoms with Crippen molar-refractivity contribution >= 4 is 75.2 Å². The summed E-state index contributed by atoms with van der Waals surface area (Å²) < 4.78 is 9.08. The molecule has 2 aliphatic rings. The van der Waals surface area contributed by atoms with Crippen molar-refractivity contribution in [2.45, 2.75) is 53.1 Å². The fourth-order valence-corrected chi connectivity index (χ4v) is 32.1. The predicted molar refractivity (Wildman–Crippen MR) is 343 cm³/mol. The molecule has 78 heavy (non-hydrogen) atoms. The molecule has 2 aliphatic heterocycles. The van der Waals surface area contributed by atoms with Crippen molar-refractivity contribution in [3.05, 3.63) is 345 Å². The summed E-state index contributed by atoms with van der Waals surface area (Å²) in [5.74, 6) is 5.16. The van der Waals surface area contributed by atoms with Crippen LogP contribution in [0.1, 0.15) is 77.9 Å². The molecule has 0 saturated heterocycles. The van der Waals surface area contributed by atoms with Gasteiger partial charge in [-0.05, 0) is 0 Å². The van der Waals surface area contributed by atoms with Crippen molar-refractivity contribution in [3.8, 4) is 0 Å². The van der Waals surface area contributed by atoms with Crippen LogP contribution in [-0.4, -0.2) is 26.5 Å². The SMILES string of the molecule is Cc1ccc([C]2=C(c3ccccc3)C(c3ccccc3)=[C](c3ccc(C)cc3)[Ge]2([c]2ccc(C)cc2)[c]2ccc(C)cc2)cc1.Cc1cccc([C]2=C(c3ccccc3)C(c3ccccc3)=[C](c3cccc(C)c3)[Ge]2([CH3])[CH3])c1. The van der Waals surface area contributed by atoms with Crippen LogP contribution in [0.4, 0.5) is 0 Å². The molecule has 10 aromatic rings. The van der Waals surface area contributed by atoms with Gasteiger partial charge in [-0.3, -0.25) is 0 Å². The second-order valence-electron chi connectivity index (χ2n) is 22.0. The zero-order valence-corrected chi connectivity index (χ0v) is 50.6. The van der Waals surface area contributed by atoms with Crippen molar-refractivity contribution in [3.63, 3.8) is 0 Å². The summed E-state index contributed by atoms with van der Waals surface area (Å²) >= 11 is -6.48. The van der Waals surface area contributed by atoms with Crippen LogP contribution in [0.3, 0.4) is 0 Å². The van der Waals surface area contributed by atoms with Crippen LogP contribution in [0.5, 0.6) is 0 Å². The minimum absolute atomic E-state index is 1.27. The molecule has 0 amide bonds. The third kappa shape index (κ3) is 9.93. The summed E-state index contributed by atoms with van der Waals surface area (Å²) in [7, 11) is 0. The summed E-state index contributed by atoms with van der Waals surface area (Å²) in [5.41, 5.74) is 23.9. The van der Waals surface area contributed by atoms with Gasteiger partial charge in [0.1, 0.15) is 0 Å². The van der Waals surface area contributed by atoms with E-state index in [1.54, 1.807) is 8.81 Å². The first-order valence-corrected chi connectivity index (χ1v) is 38.1. The fraction of sp³-hybridized carbons (Fsp3) is 0.105. The second kappa shape index (κ2) is 22.3. The van der Waals surface area contributed by atoms with Gasteiger partial charge in [0, 0.05) is 0 Å². The minimum atomic E-state index is -3.76. The van der Waals surface area contributed by atoms with E-state index in [0.29, 0.717) is 0 Å². The van der Waals surface area contributed by atoms with Crippen LogP contribution < -0.4 is 8.79 Å². The second-order valence-corrected chi connectivity index (χ2v) is 38.6. The van der Waals surface area contributed by atoms with Crippen molar-refractivity contribution in [2.24, 2.45) is 0 Å². The normalized spacial score (nSPS) is 14.7. The summed E-state index contributed by atoms with van der Waals surface area (Å²) in [6.45, 7) is 13.2. The van der Waals surface area contributed by atoms with Gasteiger partial charge in [0.25, 0.3) is 0 Å². The van der Waals surface area contributed by atoms with Crippen LogP contribution in [0, 0.1) is 41.5 Å². The van der Waals surface area contributed by atoms with Gasteiger partial charge in [0.2, 0.25) is 0 Å². The van der Waals surface area contributed by atoms with Crippen molar-refractivity contribution in [1.82, 2.24) is 0 Å². The third-order valence-corrected chi connectivity index (χ3v) is 34.0. The topological polar surface area (TPSA) is 0 Å². The van der Waals surface area contributed by atoms with Crippen molar-refractivity contribution < 1.29 is 0 Å². The number of hydrogen-bond donors (Lipinski definition) is 0. The van der Waals surface area contributed by atoms with Crippen LogP contribution in [-0.2, 0) is 0 Å². The van der Waals surface area contributed by atoms with Crippen LogP contribution in [0.2, 0.25) is 11.5 Å². The molecule has 380 valence electrons. The predicted octanol–water partition coefficient (Wildman–Crippen LogP) is 18.4. The molecule has 0 saturated carbocycles. The Balaban J connectivity index is 0.000000174. The molecule has 2 heteroatoms. The van der Waals surface area contributed by atoms with Crippen LogP contribution in [0.25, 0.3) is 39.9 Å². The number of allylic oxidation sites excluding steroid dienone is 4. The van der Waals surface area contributed by atoms with Crippen LogP contribution in [0.15, 0.2) is 267 Å². The van der Waals surface area contributed by atoms with E-state index in [9.17, 15) is 0 Å². The average molecular weight is 1130 g/mol. The molecular weight excluding hydrogens is 1060 g/mol. The third-order valence-electron chi connectivity index (χ3n) is 16.0. The molecule has 0 unspecified atom stereocenters. The molecule has 12 rings (SSSR count). The van der Waals surface area contributed by atoms with E-state index in [0.717, 1.165) is 0 Å². The molecule has 0 radical (unpaired) electrons. The Morgan fingerprint density at radius 2 is 0.462 bits per heavy atom. The molecule has 0 aliphatic carbocycles. The van der Waals surface area contributed by atoms with E-state index in [-0.39, 0.29) is 0 Å². The van der Waals surface area contributed by atoms with E-state index in [4.69, 9.17) is 0 Å². The molecule has 0 fully saturated rings. The molecule has 0 N–H and O–H groups in total. The van der Waals surface area contributed by atoms with Gasteiger partial charge < -0.3 is 0 Å². The Kier molecular flexibility index (Phi) is 15.0. The average Bonchev–Trinajstić information content (AvgIpc) is 4.05. The van der Waals surface area contributed by atoms with Gasteiger partial charge in [-0.25, -0.2) is 0 Å². The van der Waals surface area contributed by atoms with E-state index >= 15 is 0 Å². The summed E-state index contributed by atoms with van der Waals surface area (Å²) in [6.07, 6.45) is 0. The van der Waals surface area contributed by atoms with Crippen molar-refractivity contribution in [2.75, 3.05) is 0 Å². The quantitative estimate of drug-likeness (QED) is 0.120. The first kappa shape index (κ1) is 52.3. The van der Waals surface area contributed by atoms with Gasteiger partial charge in [-0.15, -0.1) is 0 Å². The van der Waals surface area contributed by atoms with E-state index < -0.39 is 26.5 Å². The molecule has 0 bridgehead atoms. The molecular formula is C76H68Ge2. The maximum atomic E-state index is 2.58. The fourth-order valence-electron chi connectivity index (χ4n) is 12.4. The summed E-state index contributed by atoms with van der Waals surface area (Å²) in [5, 5.41) is 0. The van der Waals surface area contributed by atoms with E-state index in [1.165, 1.54) is 118 Å². The first-order chi connectivity index (χ1) is 37.9. The zero-order chi connectivity index (χ0) is 54.0. The number of hydrogen-bond acceptors (Lipinski definition) is 0. The van der Waals surface area contributed by atoms with Gasteiger partial charge in [-0.1, -0.05) is 0 Å². The van der Waals surface area contributed by atoms with Gasteiger partial charge in [0.15, 0.2) is 0 Å². The Morgan fingerprint density at radius 3 is 0.744 bits per heavy atom. The zero-order valence-electron chi connectivity index (χ0n) is 46.4. The Hall–Kier alpha value is -7.75.